The molecule has 24 heavy (non-hydrogen) atoms. The fourth-order valence-corrected chi connectivity index (χ4v) is 3.73. The molecule has 3 N–H and O–H groups in total. The van der Waals surface area contributed by atoms with E-state index in [9.17, 15) is 9.59 Å². The van der Waals surface area contributed by atoms with Gasteiger partial charge in [0.25, 0.3) is 5.91 Å². The zero-order valence-corrected chi connectivity index (χ0v) is 14.2. The number of rotatable bonds is 3. The minimum Gasteiger partial charge on any atom is -0.352 e. The number of nitrogens with one attached hydrogen (secondary N) is 1. The molecule has 1 aromatic carbocycles. The molecule has 1 aliphatic carbocycles. The van der Waals surface area contributed by atoms with Crippen molar-refractivity contribution in [2.45, 2.75) is 56.5 Å². The molecular formula is C19H27N3O2. The molecule has 2 fully saturated rings. The Labute approximate surface area is 143 Å². The van der Waals surface area contributed by atoms with Gasteiger partial charge in [0.2, 0.25) is 5.91 Å². The summed E-state index contributed by atoms with van der Waals surface area (Å²) in [6.07, 6.45) is 6.39. The Hall–Kier alpha value is -1.88. The summed E-state index contributed by atoms with van der Waals surface area (Å²) in [5.41, 5.74) is 6.33. The van der Waals surface area contributed by atoms with Crippen LogP contribution in [0.4, 0.5) is 0 Å². The van der Waals surface area contributed by atoms with E-state index in [2.05, 4.69) is 5.32 Å². The number of nitrogens with two attached hydrogens (primary N) is 1. The largest absolute Gasteiger partial charge is 0.352 e. The van der Waals surface area contributed by atoms with Gasteiger partial charge in [-0.1, -0.05) is 37.5 Å². The van der Waals surface area contributed by atoms with Crippen LogP contribution in [0.2, 0.25) is 0 Å². The summed E-state index contributed by atoms with van der Waals surface area (Å²) >= 11 is 0. The van der Waals surface area contributed by atoms with Crippen molar-refractivity contribution in [3.63, 3.8) is 0 Å². The van der Waals surface area contributed by atoms with Gasteiger partial charge in [-0.2, -0.15) is 0 Å². The molecular weight excluding hydrogens is 302 g/mol. The monoisotopic (exact) mass is 329 g/mol. The van der Waals surface area contributed by atoms with E-state index < -0.39 is 5.54 Å². The van der Waals surface area contributed by atoms with Crippen LogP contribution in [0.1, 0.15) is 55.3 Å². The van der Waals surface area contributed by atoms with Gasteiger partial charge in [0, 0.05) is 24.7 Å². The first-order valence-electron chi connectivity index (χ1n) is 9.03. The number of amides is 2. The molecule has 1 aromatic rings. The molecule has 0 atom stereocenters. The quantitative estimate of drug-likeness (QED) is 0.891. The predicted octanol–water partition coefficient (Wildman–Crippen LogP) is 2.07. The first-order chi connectivity index (χ1) is 11.6. The van der Waals surface area contributed by atoms with E-state index >= 15 is 0 Å². The Kier molecular flexibility index (Phi) is 5.19. The Bertz CT molecular complexity index is 574. The van der Waals surface area contributed by atoms with Crippen LogP contribution >= 0.6 is 0 Å². The lowest BCUT2D eigenvalue weighted by molar-refractivity contribution is -0.128. The Morgan fingerprint density at radius 3 is 2.29 bits per heavy atom. The maximum atomic E-state index is 12.5. The molecule has 1 aliphatic heterocycles. The fourth-order valence-electron chi connectivity index (χ4n) is 3.73. The normalized spacial score (nSPS) is 21.3. The van der Waals surface area contributed by atoms with Crippen molar-refractivity contribution in [2.24, 2.45) is 5.73 Å². The molecule has 130 valence electrons. The van der Waals surface area contributed by atoms with Gasteiger partial charge in [-0.05, 0) is 37.8 Å². The zero-order chi connectivity index (χ0) is 17.0. The second kappa shape index (κ2) is 7.34. The summed E-state index contributed by atoms with van der Waals surface area (Å²) in [5.74, 6) is 0.0676. The van der Waals surface area contributed by atoms with Crippen LogP contribution in [0.25, 0.3) is 0 Å². The van der Waals surface area contributed by atoms with Gasteiger partial charge in [-0.3, -0.25) is 9.59 Å². The van der Waals surface area contributed by atoms with E-state index in [0.717, 1.165) is 44.1 Å². The molecule has 1 saturated heterocycles. The van der Waals surface area contributed by atoms with Crippen LogP contribution < -0.4 is 11.1 Å². The lowest BCUT2D eigenvalue weighted by atomic mass is 9.81. The van der Waals surface area contributed by atoms with Gasteiger partial charge in [0.05, 0.1) is 5.54 Å². The molecule has 3 rings (SSSR count). The van der Waals surface area contributed by atoms with Crippen molar-refractivity contribution in [1.82, 2.24) is 10.2 Å². The molecule has 2 amide bonds. The molecule has 0 radical (unpaired) electrons. The molecule has 5 heteroatoms. The smallest absolute Gasteiger partial charge is 0.253 e. The zero-order valence-electron chi connectivity index (χ0n) is 14.2. The second-order valence-electron chi connectivity index (χ2n) is 7.12. The highest BCUT2D eigenvalue weighted by Crippen LogP contribution is 2.26. The van der Waals surface area contributed by atoms with Crippen molar-refractivity contribution in [2.75, 3.05) is 13.1 Å². The number of benzene rings is 1. The van der Waals surface area contributed by atoms with Gasteiger partial charge >= 0.3 is 0 Å². The van der Waals surface area contributed by atoms with Gasteiger partial charge in [0.1, 0.15) is 0 Å². The highest BCUT2D eigenvalue weighted by molar-refractivity contribution is 5.94. The third kappa shape index (κ3) is 3.78. The van der Waals surface area contributed by atoms with E-state index in [0.29, 0.717) is 13.1 Å². The third-order valence-electron chi connectivity index (χ3n) is 5.34. The molecule has 0 bridgehead atoms. The van der Waals surface area contributed by atoms with Crippen molar-refractivity contribution in [1.29, 1.82) is 0 Å². The van der Waals surface area contributed by atoms with Gasteiger partial charge in [0.15, 0.2) is 0 Å². The minimum atomic E-state index is -0.685. The Balaban J connectivity index is 1.50. The summed E-state index contributed by atoms with van der Waals surface area (Å²) in [6.45, 7) is 1.35. The van der Waals surface area contributed by atoms with Crippen LogP contribution in [0.3, 0.4) is 0 Å². The van der Waals surface area contributed by atoms with Gasteiger partial charge < -0.3 is 16.0 Å². The maximum Gasteiger partial charge on any atom is 0.253 e. The van der Waals surface area contributed by atoms with Gasteiger partial charge in [-0.25, -0.2) is 0 Å². The van der Waals surface area contributed by atoms with E-state index in [1.54, 1.807) is 0 Å². The first kappa shape index (κ1) is 17.0. The number of hydrogen-bond acceptors (Lipinski definition) is 3. The van der Waals surface area contributed by atoms with Crippen molar-refractivity contribution in [3.8, 4) is 0 Å². The van der Waals surface area contributed by atoms with Crippen LogP contribution in [0.15, 0.2) is 30.3 Å². The number of likely N-dealkylation sites (tertiary alicyclic amines) is 1. The van der Waals surface area contributed by atoms with Crippen molar-refractivity contribution in [3.05, 3.63) is 35.9 Å². The SMILES string of the molecule is NC1(C(=O)NC2CCN(C(=O)c3ccccc3)CC2)CCCCC1. The number of carbonyl (C=O) groups excluding carboxylic acids is 2. The lowest BCUT2D eigenvalue weighted by Gasteiger charge is -2.36. The van der Waals surface area contributed by atoms with E-state index in [-0.39, 0.29) is 17.9 Å². The third-order valence-corrected chi connectivity index (χ3v) is 5.34. The maximum absolute atomic E-state index is 12.5. The van der Waals surface area contributed by atoms with Gasteiger partial charge in [-0.15, -0.1) is 0 Å². The molecule has 0 aromatic heterocycles. The number of carbonyl (C=O) groups is 2. The Morgan fingerprint density at radius 1 is 1.04 bits per heavy atom. The standard InChI is InChI=1S/C19H27N3O2/c20-19(11-5-2-6-12-19)18(24)21-16-9-13-22(14-10-16)17(23)15-7-3-1-4-8-15/h1,3-4,7-8,16H,2,5-6,9-14,20H2,(H,21,24). The highest BCUT2D eigenvalue weighted by Gasteiger charge is 2.36. The molecule has 0 spiro atoms. The Morgan fingerprint density at radius 2 is 1.67 bits per heavy atom. The second-order valence-corrected chi connectivity index (χ2v) is 7.12. The highest BCUT2D eigenvalue weighted by atomic mass is 16.2. The number of piperidine rings is 1. The summed E-state index contributed by atoms with van der Waals surface area (Å²) in [7, 11) is 0. The number of nitrogens with zero attached hydrogens (tertiary/aromatic N) is 1. The molecule has 1 heterocycles. The fraction of sp³-hybridized carbons (Fsp3) is 0.579. The summed E-state index contributed by atoms with van der Waals surface area (Å²) in [5, 5.41) is 3.13. The molecule has 5 nitrogen and oxygen atoms in total. The number of hydrogen-bond donors (Lipinski definition) is 2. The van der Waals surface area contributed by atoms with Crippen LogP contribution in [-0.2, 0) is 4.79 Å². The average molecular weight is 329 g/mol. The average Bonchev–Trinajstić information content (AvgIpc) is 2.63. The molecule has 0 unspecified atom stereocenters. The minimum absolute atomic E-state index is 0.00460. The van der Waals surface area contributed by atoms with E-state index in [1.807, 2.05) is 35.2 Å². The summed E-state index contributed by atoms with van der Waals surface area (Å²) in [6, 6.07) is 9.48. The topological polar surface area (TPSA) is 75.4 Å². The van der Waals surface area contributed by atoms with Crippen molar-refractivity contribution >= 4 is 11.8 Å². The van der Waals surface area contributed by atoms with E-state index in [4.69, 9.17) is 5.73 Å². The molecule has 2 aliphatic rings. The van der Waals surface area contributed by atoms with Crippen molar-refractivity contribution < 1.29 is 9.59 Å². The first-order valence-corrected chi connectivity index (χ1v) is 9.03. The summed E-state index contributed by atoms with van der Waals surface area (Å²) in [4.78, 5) is 26.8. The van der Waals surface area contributed by atoms with Crippen LogP contribution in [-0.4, -0.2) is 41.4 Å². The summed E-state index contributed by atoms with van der Waals surface area (Å²) < 4.78 is 0. The van der Waals surface area contributed by atoms with Crippen LogP contribution in [0.5, 0.6) is 0 Å². The molecule has 1 saturated carbocycles. The lowest BCUT2D eigenvalue weighted by Crippen LogP contribution is -2.58. The van der Waals surface area contributed by atoms with E-state index in [1.165, 1.54) is 6.42 Å². The van der Waals surface area contributed by atoms with Crippen LogP contribution in [0, 0.1) is 0 Å². The predicted molar refractivity (Wildman–Crippen MR) is 93.5 cm³/mol.